The molecule has 0 aliphatic heterocycles. The zero-order chi connectivity index (χ0) is 11.4. The maximum atomic E-state index is 10.9. The van der Waals surface area contributed by atoms with Gasteiger partial charge < -0.3 is 5.32 Å². The lowest BCUT2D eigenvalue weighted by Crippen LogP contribution is -2.05. The van der Waals surface area contributed by atoms with Gasteiger partial charge in [0.1, 0.15) is 0 Å². The zero-order valence-electron chi connectivity index (χ0n) is 8.71. The van der Waals surface area contributed by atoms with E-state index in [1.165, 1.54) is 13.1 Å². The summed E-state index contributed by atoms with van der Waals surface area (Å²) in [6.45, 7) is 1.47. The Labute approximate surface area is 92.6 Å². The molecule has 0 saturated heterocycles. The van der Waals surface area contributed by atoms with Crippen LogP contribution in [0.5, 0.6) is 0 Å². The minimum atomic E-state index is -0.107. The predicted molar refractivity (Wildman–Crippen MR) is 59.6 cm³/mol. The summed E-state index contributed by atoms with van der Waals surface area (Å²) in [7, 11) is 0. The van der Waals surface area contributed by atoms with Gasteiger partial charge in [0.05, 0.1) is 6.20 Å². The van der Waals surface area contributed by atoms with Crippen LogP contribution in [0.4, 0.5) is 5.69 Å². The molecule has 0 aliphatic carbocycles. The van der Waals surface area contributed by atoms with Gasteiger partial charge in [0.15, 0.2) is 5.82 Å². The largest absolute Gasteiger partial charge is 0.326 e. The number of hydrogen-bond acceptors (Lipinski definition) is 4. The molecule has 5 nitrogen and oxygen atoms in total. The van der Waals surface area contributed by atoms with Crippen molar-refractivity contribution in [3.8, 4) is 11.4 Å². The Morgan fingerprint density at radius 2 is 2.19 bits per heavy atom. The first-order chi connectivity index (χ1) is 7.75. The van der Waals surface area contributed by atoms with E-state index >= 15 is 0 Å². The van der Waals surface area contributed by atoms with Crippen LogP contribution in [0.3, 0.4) is 0 Å². The van der Waals surface area contributed by atoms with E-state index in [-0.39, 0.29) is 5.91 Å². The van der Waals surface area contributed by atoms with Gasteiger partial charge in [0, 0.05) is 24.4 Å². The van der Waals surface area contributed by atoms with E-state index in [1.54, 1.807) is 18.3 Å². The molecule has 0 saturated carbocycles. The molecule has 0 radical (unpaired) electrons. The lowest BCUT2D eigenvalue weighted by molar-refractivity contribution is -0.114. The number of nitrogens with one attached hydrogen (secondary N) is 1. The third-order valence-corrected chi connectivity index (χ3v) is 1.92. The lowest BCUT2D eigenvalue weighted by Gasteiger charge is -2.03. The van der Waals surface area contributed by atoms with Crippen LogP contribution in [-0.2, 0) is 4.79 Å². The smallest absolute Gasteiger partial charge is 0.221 e. The Hall–Kier alpha value is -2.30. The van der Waals surface area contributed by atoms with Gasteiger partial charge in [-0.2, -0.15) is 5.10 Å². The Bertz CT molecular complexity index is 498. The van der Waals surface area contributed by atoms with Crippen molar-refractivity contribution in [2.45, 2.75) is 6.92 Å². The highest BCUT2D eigenvalue weighted by Gasteiger charge is 2.02. The summed E-state index contributed by atoms with van der Waals surface area (Å²) < 4.78 is 0. The summed E-state index contributed by atoms with van der Waals surface area (Å²) in [5.41, 5.74) is 1.54. The molecule has 1 amide bonds. The number of carbonyl (C=O) groups is 1. The van der Waals surface area contributed by atoms with Crippen LogP contribution in [0.1, 0.15) is 6.92 Å². The van der Waals surface area contributed by atoms with Gasteiger partial charge in [0.25, 0.3) is 0 Å². The van der Waals surface area contributed by atoms with Crippen LogP contribution in [0.2, 0.25) is 0 Å². The van der Waals surface area contributed by atoms with Gasteiger partial charge in [-0.05, 0) is 12.1 Å². The van der Waals surface area contributed by atoms with E-state index in [0.717, 1.165) is 11.3 Å². The topological polar surface area (TPSA) is 67.8 Å². The minimum Gasteiger partial charge on any atom is -0.326 e. The zero-order valence-corrected chi connectivity index (χ0v) is 8.71. The molecular weight excluding hydrogens is 204 g/mol. The highest BCUT2D eigenvalue weighted by atomic mass is 16.1. The van der Waals surface area contributed by atoms with E-state index in [4.69, 9.17) is 0 Å². The summed E-state index contributed by atoms with van der Waals surface area (Å²) in [6.07, 6.45) is 3.09. The molecular formula is C11H10N4O. The van der Waals surface area contributed by atoms with Gasteiger partial charge in [-0.1, -0.05) is 12.1 Å². The molecule has 0 bridgehead atoms. The Morgan fingerprint density at radius 1 is 1.31 bits per heavy atom. The molecule has 0 spiro atoms. The van der Waals surface area contributed by atoms with Crippen LogP contribution >= 0.6 is 0 Å². The SMILES string of the molecule is CC(=O)Nc1cccc(-c2nccnn2)c1. The number of aromatic nitrogens is 3. The molecule has 1 aromatic carbocycles. The fraction of sp³-hybridized carbons (Fsp3) is 0.0909. The third-order valence-electron chi connectivity index (χ3n) is 1.92. The first-order valence-corrected chi connectivity index (χ1v) is 4.77. The fourth-order valence-corrected chi connectivity index (χ4v) is 1.32. The predicted octanol–water partition coefficient (Wildman–Crippen LogP) is 1.50. The number of amides is 1. The van der Waals surface area contributed by atoms with E-state index in [0.29, 0.717) is 5.82 Å². The van der Waals surface area contributed by atoms with Crippen molar-refractivity contribution >= 4 is 11.6 Å². The first-order valence-electron chi connectivity index (χ1n) is 4.77. The molecule has 5 heteroatoms. The van der Waals surface area contributed by atoms with Gasteiger partial charge in [-0.15, -0.1) is 5.10 Å². The van der Waals surface area contributed by atoms with Crippen molar-refractivity contribution < 1.29 is 4.79 Å². The van der Waals surface area contributed by atoms with Crippen LogP contribution in [0.25, 0.3) is 11.4 Å². The second kappa shape index (κ2) is 4.48. The molecule has 0 fully saturated rings. The fourth-order valence-electron chi connectivity index (χ4n) is 1.32. The van der Waals surface area contributed by atoms with E-state index in [2.05, 4.69) is 20.5 Å². The van der Waals surface area contributed by atoms with Gasteiger partial charge in [-0.25, -0.2) is 4.98 Å². The highest BCUT2D eigenvalue weighted by molar-refractivity contribution is 5.89. The number of anilines is 1. The maximum Gasteiger partial charge on any atom is 0.221 e. The monoisotopic (exact) mass is 214 g/mol. The molecule has 0 aliphatic rings. The van der Waals surface area contributed by atoms with Crippen molar-refractivity contribution in [1.82, 2.24) is 15.2 Å². The second-order valence-corrected chi connectivity index (χ2v) is 3.23. The standard InChI is InChI=1S/C11H10N4O/c1-8(16)14-10-4-2-3-9(7-10)11-12-5-6-13-15-11/h2-7H,1H3,(H,14,16). The number of nitrogens with zero attached hydrogens (tertiary/aromatic N) is 3. The number of carbonyl (C=O) groups excluding carboxylic acids is 1. The molecule has 1 heterocycles. The maximum absolute atomic E-state index is 10.9. The molecule has 1 aromatic heterocycles. The second-order valence-electron chi connectivity index (χ2n) is 3.23. The van der Waals surface area contributed by atoms with Crippen LogP contribution < -0.4 is 5.32 Å². The third kappa shape index (κ3) is 2.38. The summed E-state index contributed by atoms with van der Waals surface area (Å²) >= 11 is 0. The number of rotatable bonds is 2. The molecule has 2 aromatic rings. The Morgan fingerprint density at radius 3 is 2.88 bits per heavy atom. The van der Waals surface area contributed by atoms with Crippen molar-refractivity contribution in [2.75, 3.05) is 5.32 Å². The van der Waals surface area contributed by atoms with Gasteiger partial charge >= 0.3 is 0 Å². The summed E-state index contributed by atoms with van der Waals surface area (Å²) in [4.78, 5) is 15.0. The van der Waals surface area contributed by atoms with Crippen molar-refractivity contribution in [3.05, 3.63) is 36.7 Å². The minimum absolute atomic E-state index is 0.107. The van der Waals surface area contributed by atoms with Crippen molar-refractivity contribution in [3.63, 3.8) is 0 Å². The molecule has 0 atom stereocenters. The molecule has 0 unspecified atom stereocenters. The summed E-state index contributed by atoms with van der Waals surface area (Å²) in [5, 5.41) is 10.3. The normalized spacial score (nSPS) is 9.81. The van der Waals surface area contributed by atoms with Crippen LogP contribution in [0, 0.1) is 0 Å². The summed E-state index contributed by atoms with van der Waals surface area (Å²) in [6, 6.07) is 7.30. The van der Waals surface area contributed by atoms with E-state index < -0.39 is 0 Å². The number of hydrogen-bond donors (Lipinski definition) is 1. The molecule has 1 N–H and O–H groups in total. The Kier molecular flexibility index (Phi) is 2.86. The molecule has 16 heavy (non-hydrogen) atoms. The lowest BCUT2D eigenvalue weighted by atomic mass is 10.2. The Balaban J connectivity index is 2.33. The quantitative estimate of drug-likeness (QED) is 0.822. The number of benzene rings is 1. The molecule has 2 rings (SSSR count). The average Bonchev–Trinajstić information content (AvgIpc) is 2.30. The van der Waals surface area contributed by atoms with Gasteiger partial charge in [-0.3, -0.25) is 4.79 Å². The molecule has 80 valence electrons. The van der Waals surface area contributed by atoms with E-state index in [1.807, 2.05) is 12.1 Å². The van der Waals surface area contributed by atoms with E-state index in [9.17, 15) is 4.79 Å². The van der Waals surface area contributed by atoms with Crippen molar-refractivity contribution in [1.29, 1.82) is 0 Å². The van der Waals surface area contributed by atoms with Crippen molar-refractivity contribution in [2.24, 2.45) is 0 Å². The first kappa shape index (κ1) is 10.2. The average molecular weight is 214 g/mol. The summed E-state index contributed by atoms with van der Waals surface area (Å²) in [5.74, 6) is 0.430. The van der Waals surface area contributed by atoms with Crippen LogP contribution in [0.15, 0.2) is 36.7 Å². The van der Waals surface area contributed by atoms with Crippen LogP contribution in [-0.4, -0.2) is 21.1 Å². The highest BCUT2D eigenvalue weighted by Crippen LogP contribution is 2.18. The van der Waals surface area contributed by atoms with Gasteiger partial charge in [0.2, 0.25) is 5.91 Å².